The fraction of sp³-hybridized carbons (Fsp3) is 0.333. The zero-order valence-electron chi connectivity index (χ0n) is 17.9. The van der Waals surface area contributed by atoms with Gasteiger partial charge in [-0.2, -0.15) is 0 Å². The lowest BCUT2D eigenvalue weighted by atomic mass is 10.0. The minimum Gasteiger partial charge on any atom is -0.452 e. The van der Waals surface area contributed by atoms with Gasteiger partial charge in [0.2, 0.25) is 0 Å². The summed E-state index contributed by atoms with van der Waals surface area (Å²) in [5, 5.41) is 3.32. The first-order valence-corrected chi connectivity index (χ1v) is 10.4. The second-order valence-corrected chi connectivity index (χ2v) is 8.03. The summed E-state index contributed by atoms with van der Waals surface area (Å²) in [6.07, 6.45) is 1.64. The molecule has 3 aromatic rings. The number of aryl methyl sites for hydroxylation is 3. The highest BCUT2D eigenvalue weighted by Gasteiger charge is 2.18. The highest BCUT2D eigenvalue weighted by molar-refractivity contribution is 5.95. The van der Waals surface area contributed by atoms with E-state index in [0.717, 1.165) is 29.8 Å². The first-order chi connectivity index (χ1) is 14.8. The van der Waals surface area contributed by atoms with E-state index in [0.29, 0.717) is 17.4 Å². The average molecular weight is 419 g/mol. The van der Waals surface area contributed by atoms with Crippen molar-refractivity contribution in [3.63, 3.8) is 0 Å². The van der Waals surface area contributed by atoms with Crippen LogP contribution in [0, 0.1) is 13.8 Å². The largest absolute Gasteiger partial charge is 0.452 e. The second-order valence-electron chi connectivity index (χ2n) is 8.03. The van der Waals surface area contributed by atoms with Crippen LogP contribution in [-0.4, -0.2) is 28.0 Å². The van der Waals surface area contributed by atoms with Crippen LogP contribution in [0.1, 0.15) is 52.3 Å². The number of rotatable bonds is 5. The van der Waals surface area contributed by atoms with Crippen molar-refractivity contribution in [1.82, 2.24) is 14.9 Å². The highest BCUT2D eigenvalue weighted by atomic mass is 16.5. The summed E-state index contributed by atoms with van der Waals surface area (Å²) in [5.74, 6) is -0.268. The molecular weight excluding hydrogens is 394 g/mol. The van der Waals surface area contributed by atoms with Crippen LogP contribution in [-0.2, 0) is 22.5 Å². The molecular formula is C24H25N3O4. The number of fused-ring (bicyclic) bond motifs is 2. The lowest BCUT2D eigenvalue weighted by molar-refractivity contribution is -0.124. The molecule has 0 spiro atoms. The van der Waals surface area contributed by atoms with E-state index in [1.54, 1.807) is 16.7 Å². The maximum atomic E-state index is 12.5. The quantitative estimate of drug-likeness (QED) is 0.642. The van der Waals surface area contributed by atoms with Crippen molar-refractivity contribution in [2.24, 2.45) is 0 Å². The van der Waals surface area contributed by atoms with E-state index in [-0.39, 0.29) is 29.7 Å². The zero-order chi connectivity index (χ0) is 22.1. The minimum absolute atomic E-state index is 0.0860. The molecule has 7 nitrogen and oxygen atoms in total. The first kappa shape index (κ1) is 20.8. The Kier molecular flexibility index (Phi) is 5.59. The number of carbonyl (C=O) groups excluding carboxylic acids is 2. The molecule has 0 aliphatic carbocycles. The molecule has 1 amide bonds. The van der Waals surface area contributed by atoms with Crippen molar-refractivity contribution >= 4 is 22.8 Å². The summed E-state index contributed by atoms with van der Waals surface area (Å²) in [5.41, 5.74) is 3.98. The molecule has 2 aromatic carbocycles. The molecule has 2 heterocycles. The van der Waals surface area contributed by atoms with Crippen LogP contribution in [0.2, 0.25) is 0 Å². The van der Waals surface area contributed by atoms with Gasteiger partial charge in [-0.05, 0) is 62.1 Å². The van der Waals surface area contributed by atoms with Crippen LogP contribution in [0.15, 0.2) is 41.2 Å². The Morgan fingerprint density at radius 2 is 1.97 bits per heavy atom. The van der Waals surface area contributed by atoms with Crippen LogP contribution < -0.4 is 10.9 Å². The first-order valence-electron chi connectivity index (χ1n) is 10.4. The SMILES string of the molecule is Cc1ccc([C@H](C)NC(=O)COC(=O)c2ccc3c(=O)n4c(nc3c2)CCC4)cc1C. The van der Waals surface area contributed by atoms with Crippen molar-refractivity contribution in [2.75, 3.05) is 6.61 Å². The fourth-order valence-corrected chi connectivity index (χ4v) is 3.83. The number of ether oxygens (including phenoxy) is 1. The van der Waals surface area contributed by atoms with E-state index in [9.17, 15) is 14.4 Å². The molecule has 1 aliphatic rings. The molecule has 160 valence electrons. The van der Waals surface area contributed by atoms with Gasteiger partial charge in [0, 0.05) is 13.0 Å². The molecule has 0 radical (unpaired) electrons. The third kappa shape index (κ3) is 4.21. The summed E-state index contributed by atoms with van der Waals surface area (Å²) >= 11 is 0. The molecule has 0 fully saturated rings. The molecule has 1 N–H and O–H groups in total. The van der Waals surface area contributed by atoms with Gasteiger partial charge in [-0.15, -0.1) is 0 Å². The van der Waals surface area contributed by atoms with E-state index in [2.05, 4.69) is 10.3 Å². The molecule has 0 saturated carbocycles. The van der Waals surface area contributed by atoms with Crippen molar-refractivity contribution < 1.29 is 14.3 Å². The van der Waals surface area contributed by atoms with Gasteiger partial charge < -0.3 is 10.1 Å². The smallest absolute Gasteiger partial charge is 0.338 e. The number of nitrogens with one attached hydrogen (secondary N) is 1. The average Bonchev–Trinajstić information content (AvgIpc) is 3.22. The number of hydrogen-bond donors (Lipinski definition) is 1. The van der Waals surface area contributed by atoms with Gasteiger partial charge in [0.05, 0.1) is 22.5 Å². The molecule has 0 unspecified atom stereocenters. The number of esters is 1. The Balaban J connectivity index is 1.40. The normalized spacial score (nSPS) is 13.6. The Morgan fingerprint density at radius 3 is 2.74 bits per heavy atom. The van der Waals surface area contributed by atoms with Crippen LogP contribution in [0.4, 0.5) is 0 Å². The van der Waals surface area contributed by atoms with Gasteiger partial charge in [0.25, 0.3) is 11.5 Å². The van der Waals surface area contributed by atoms with E-state index in [1.807, 2.05) is 39.0 Å². The fourth-order valence-electron chi connectivity index (χ4n) is 3.83. The summed E-state index contributed by atoms with van der Waals surface area (Å²) in [6, 6.07) is 10.5. The number of aromatic nitrogens is 2. The summed E-state index contributed by atoms with van der Waals surface area (Å²) < 4.78 is 6.86. The number of carbonyl (C=O) groups is 2. The highest BCUT2D eigenvalue weighted by Crippen LogP contribution is 2.18. The summed E-state index contributed by atoms with van der Waals surface area (Å²) in [4.78, 5) is 41.7. The molecule has 1 aliphatic heterocycles. The van der Waals surface area contributed by atoms with Crippen molar-refractivity contribution in [3.8, 4) is 0 Å². The maximum absolute atomic E-state index is 12.5. The number of amides is 1. The van der Waals surface area contributed by atoms with Crippen molar-refractivity contribution in [3.05, 3.63) is 74.8 Å². The second kappa shape index (κ2) is 8.34. The third-order valence-corrected chi connectivity index (χ3v) is 5.79. The van der Waals surface area contributed by atoms with Gasteiger partial charge in [0.15, 0.2) is 6.61 Å². The molecule has 7 heteroatoms. The molecule has 0 saturated heterocycles. The Labute approximate surface area is 180 Å². The maximum Gasteiger partial charge on any atom is 0.338 e. The predicted octanol–water partition coefficient (Wildman–Crippen LogP) is 2.99. The van der Waals surface area contributed by atoms with Crippen LogP contribution in [0.3, 0.4) is 0 Å². The number of nitrogens with zero attached hydrogens (tertiary/aromatic N) is 2. The van der Waals surface area contributed by atoms with Gasteiger partial charge in [-0.1, -0.05) is 18.2 Å². The summed E-state index contributed by atoms with van der Waals surface area (Å²) in [7, 11) is 0. The standard InChI is InChI=1S/C24H25N3O4/c1-14-6-7-17(11-15(14)2)16(3)25-22(28)13-31-24(30)18-8-9-19-20(12-18)26-21-5-4-10-27(21)23(19)29/h6-9,11-12,16H,4-5,10,13H2,1-3H3,(H,25,28)/t16-/m0/s1. The van der Waals surface area contributed by atoms with Crippen molar-refractivity contribution in [2.45, 2.75) is 46.2 Å². The topological polar surface area (TPSA) is 90.3 Å². The molecule has 31 heavy (non-hydrogen) atoms. The molecule has 0 bridgehead atoms. The van der Waals surface area contributed by atoms with Gasteiger partial charge in [-0.25, -0.2) is 9.78 Å². The third-order valence-electron chi connectivity index (χ3n) is 5.79. The van der Waals surface area contributed by atoms with E-state index in [4.69, 9.17) is 4.74 Å². The molecule has 1 atom stereocenters. The van der Waals surface area contributed by atoms with Crippen LogP contribution >= 0.6 is 0 Å². The van der Waals surface area contributed by atoms with Gasteiger partial charge >= 0.3 is 5.97 Å². The molecule has 4 rings (SSSR count). The Bertz CT molecular complexity index is 1250. The van der Waals surface area contributed by atoms with Gasteiger partial charge in [0.1, 0.15) is 5.82 Å². The summed E-state index contributed by atoms with van der Waals surface area (Å²) in [6.45, 7) is 6.24. The Morgan fingerprint density at radius 1 is 1.16 bits per heavy atom. The molecule has 1 aromatic heterocycles. The van der Waals surface area contributed by atoms with Crippen molar-refractivity contribution in [1.29, 1.82) is 0 Å². The Hall–Kier alpha value is -3.48. The monoisotopic (exact) mass is 419 g/mol. The predicted molar refractivity (Wildman–Crippen MR) is 117 cm³/mol. The number of hydrogen-bond acceptors (Lipinski definition) is 5. The van der Waals surface area contributed by atoms with Gasteiger partial charge in [-0.3, -0.25) is 14.2 Å². The lowest BCUT2D eigenvalue weighted by Gasteiger charge is -2.16. The van der Waals surface area contributed by atoms with E-state index >= 15 is 0 Å². The van der Waals surface area contributed by atoms with E-state index < -0.39 is 5.97 Å². The van der Waals surface area contributed by atoms with Crippen LogP contribution in [0.5, 0.6) is 0 Å². The zero-order valence-corrected chi connectivity index (χ0v) is 17.9. The minimum atomic E-state index is -0.627. The van der Waals surface area contributed by atoms with Crippen LogP contribution in [0.25, 0.3) is 10.9 Å². The van der Waals surface area contributed by atoms with E-state index in [1.165, 1.54) is 11.6 Å². The number of benzene rings is 2. The lowest BCUT2D eigenvalue weighted by Crippen LogP contribution is -2.31.